The lowest BCUT2D eigenvalue weighted by molar-refractivity contribution is 0.672. The van der Waals surface area contributed by atoms with Gasteiger partial charge in [0.25, 0.3) is 0 Å². The number of anilines is 2. The van der Waals surface area contributed by atoms with E-state index in [1.165, 1.54) is 35.0 Å². The number of hydrogen-bond acceptors (Lipinski definition) is 4. The van der Waals surface area contributed by atoms with E-state index in [1.54, 1.807) is 6.20 Å². The lowest BCUT2D eigenvalue weighted by Gasteiger charge is -2.21. The molecular weight excluding hydrogens is 310 g/mol. The molecule has 5 heteroatoms. The second-order valence-electron chi connectivity index (χ2n) is 6.74. The van der Waals surface area contributed by atoms with E-state index in [4.69, 9.17) is 4.98 Å². The molecule has 124 valence electrons. The molecule has 0 spiro atoms. The summed E-state index contributed by atoms with van der Waals surface area (Å²) in [7, 11) is 0. The first-order valence-electron chi connectivity index (χ1n) is 8.78. The second kappa shape index (κ2) is 5.55. The summed E-state index contributed by atoms with van der Waals surface area (Å²) < 4.78 is 0. The minimum Gasteiger partial charge on any atom is -0.339 e. The predicted octanol–water partition coefficient (Wildman–Crippen LogP) is 4.44. The number of aromatic nitrogens is 4. The van der Waals surface area contributed by atoms with Gasteiger partial charge in [-0.05, 0) is 62.4 Å². The molecule has 0 fully saturated rings. The molecule has 2 N–H and O–H groups in total. The maximum atomic E-state index is 4.93. The van der Waals surface area contributed by atoms with E-state index in [1.807, 2.05) is 12.1 Å². The molecule has 0 radical (unpaired) electrons. The Morgan fingerprint density at radius 1 is 1.08 bits per heavy atom. The fourth-order valence-electron chi connectivity index (χ4n) is 3.75. The van der Waals surface area contributed by atoms with Gasteiger partial charge in [0.05, 0.1) is 16.6 Å². The zero-order valence-electron chi connectivity index (χ0n) is 14.1. The zero-order chi connectivity index (χ0) is 16.8. The minimum absolute atomic E-state index is 0.730. The Bertz CT molecular complexity index is 1100. The van der Waals surface area contributed by atoms with Crippen LogP contribution in [0, 0.1) is 6.92 Å². The van der Waals surface area contributed by atoms with Crippen molar-refractivity contribution in [1.29, 1.82) is 0 Å². The van der Waals surface area contributed by atoms with Crippen molar-refractivity contribution in [2.24, 2.45) is 0 Å². The smallest absolute Gasteiger partial charge is 0.183 e. The van der Waals surface area contributed by atoms with Crippen LogP contribution in [0.2, 0.25) is 0 Å². The Kier molecular flexibility index (Phi) is 3.20. The highest BCUT2D eigenvalue weighted by Gasteiger charge is 2.19. The molecule has 0 bridgehead atoms. The van der Waals surface area contributed by atoms with Gasteiger partial charge in [-0.3, -0.25) is 10.1 Å². The molecule has 1 aliphatic carbocycles. The molecule has 0 atom stereocenters. The van der Waals surface area contributed by atoms with Crippen LogP contribution in [-0.2, 0) is 12.8 Å². The van der Waals surface area contributed by atoms with Crippen LogP contribution in [0.1, 0.15) is 29.7 Å². The van der Waals surface area contributed by atoms with Gasteiger partial charge in [0.15, 0.2) is 5.65 Å². The first-order chi connectivity index (χ1) is 12.3. The number of hydrogen-bond donors (Lipinski definition) is 2. The SMILES string of the molecule is Cc1ccc2nc3c(c(Nc4[nH]nc5ncccc45)c2c1)CCCC3. The van der Waals surface area contributed by atoms with Crippen LogP contribution in [0.5, 0.6) is 0 Å². The number of nitrogens with zero attached hydrogens (tertiary/aromatic N) is 3. The van der Waals surface area contributed by atoms with Crippen molar-refractivity contribution in [3.63, 3.8) is 0 Å². The average molecular weight is 329 g/mol. The van der Waals surface area contributed by atoms with E-state index in [0.29, 0.717) is 0 Å². The van der Waals surface area contributed by atoms with Crippen LogP contribution in [0.15, 0.2) is 36.5 Å². The quantitative estimate of drug-likeness (QED) is 0.571. The minimum atomic E-state index is 0.730. The normalized spacial score (nSPS) is 14.0. The van der Waals surface area contributed by atoms with Gasteiger partial charge < -0.3 is 5.32 Å². The fraction of sp³-hybridized carbons (Fsp3) is 0.250. The molecule has 3 aromatic heterocycles. The van der Waals surface area contributed by atoms with Crippen molar-refractivity contribution in [3.8, 4) is 0 Å². The summed E-state index contributed by atoms with van der Waals surface area (Å²) in [6.07, 6.45) is 6.32. The van der Waals surface area contributed by atoms with Crippen molar-refractivity contribution in [2.75, 3.05) is 5.32 Å². The van der Waals surface area contributed by atoms with Crippen molar-refractivity contribution in [2.45, 2.75) is 32.6 Å². The summed E-state index contributed by atoms with van der Waals surface area (Å²) in [5.74, 6) is 0.893. The van der Waals surface area contributed by atoms with Crippen LogP contribution in [0.25, 0.3) is 21.9 Å². The van der Waals surface area contributed by atoms with Gasteiger partial charge in [-0.25, -0.2) is 4.98 Å². The number of pyridine rings is 2. The molecule has 0 saturated carbocycles. The Balaban J connectivity index is 1.74. The van der Waals surface area contributed by atoms with Crippen LogP contribution < -0.4 is 5.32 Å². The topological polar surface area (TPSA) is 66.5 Å². The third-order valence-electron chi connectivity index (χ3n) is 5.00. The zero-order valence-corrected chi connectivity index (χ0v) is 14.1. The van der Waals surface area contributed by atoms with Crippen LogP contribution in [0.3, 0.4) is 0 Å². The number of fused-ring (bicyclic) bond motifs is 3. The first kappa shape index (κ1) is 14.4. The molecule has 5 nitrogen and oxygen atoms in total. The third-order valence-corrected chi connectivity index (χ3v) is 5.00. The third kappa shape index (κ3) is 2.35. The highest BCUT2D eigenvalue weighted by Crippen LogP contribution is 2.36. The fourth-order valence-corrected chi connectivity index (χ4v) is 3.75. The summed E-state index contributed by atoms with van der Waals surface area (Å²) in [6, 6.07) is 10.4. The Morgan fingerprint density at radius 2 is 2.00 bits per heavy atom. The number of aryl methyl sites for hydroxylation is 2. The van der Waals surface area contributed by atoms with Gasteiger partial charge in [-0.2, -0.15) is 5.10 Å². The standard InChI is InChI=1S/C20H19N5/c1-12-8-9-17-15(11-12)18(13-5-2-3-7-16(13)22-17)23-20-14-6-4-10-21-19(14)24-25-20/h4,6,8-11H,2-3,5,7H2,1H3,(H2,21,22,23,24,25). The summed E-state index contributed by atoms with van der Waals surface area (Å²) in [5, 5.41) is 13.2. The maximum absolute atomic E-state index is 4.93. The van der Waals surface area contributed by atoms with Crippen LogP contribution in [-0.4, -0.2) is 20.2 Å². The summed E-state index contributed by atoms with van der Waals surface area (Å²) in [4.78, 5) is 9.24. The van der Waals surface area contributed by atoms with E-state index in [9.17, 15) is 0 Å². The molecule has 1 aromatic carbocycles. The van der Waals surface area contributed by atoms with E-state index in [2.05, 4.69) is 45.6 Å². The first-order valence-corrected chi connectivity index (χ1v) is 8.78. The molecular formula is C20H19N5. The number of aromatic amines is 1. The maximum Gasteiger partial charge on any atom is 0.183 e. The molecule has 1 aliphatic rings. The molecule has 3 heterocycles. The Labute approximate surface area is 145 Å². The van der Waals surface area contributed by atoms with Gasteiger partial charge in [0.2, 0.25) is 0 Å². The van der Waals surface area contributed by atoms with Gasteiger partial charge in [0.1, 0.15) is 5.82 Å². The van der Waals surface area contributed by atoms with Crippen molar-refractivity contribution >= 4 is 33.4 Å². The van der Waals surface area contributed by atoms with Crippen molar-refractivity contribution < 1.29 is 0 Å². The lowest BCUT2D eigenvalue weighted by Crippen LogP contribution is -2.10. The number of nitrogens with one attached hydrogen (secondary N) is 2. The monoisotopic (exact) mass is 329 g/mol. The van der Waals surface area contributed by atoms with Gasteiger partial charge in [-0.15, -0.1) is 0 Å². The largest absolute Gasteiger partial charge is 0.339 e. The molecule has 4 aromatic rings. The van der Waals surface area contributed by atoms with E-state index >= 15 is 0 Å². The molecule has 0 amide bonds. The highest BCUT2D eigenvalue weighted by molar-refractivity contribution is 5.98. The highest BCUT2D eigenvalue weighted by atomic mass is 15.2. The predicted molar refractivity (Wildman–Crippen MR) is 100 cm³/mol. The lowest BCUT2D eigenvalue weighted by atomic mass is 9.92. The average Bonchev–Trinajstić information content (AvgIpc) is 3.05. The van der Waals surface area contributed by atoms with E-state index in [-0.39, 0.29) is 0 Å². The Morgan fingerprint density at radius 3 is 2.96 bits per heavy atom. The van der Waals surface area contributed by atoms with E-state index < -0.39 is 0 Å². The number of rotatable bonds is 2. The molecule has 0 unspecified atom stereocenters. The summed E-state index contributed by atoms with van der Waals surface area (Å²) in [5.41, 5.74) is 6.76. The molecule has 0 saturated heterocycles. The number of H-pyrrole nitrogens is 1. The summed E-state index contributed by atoms with van der Waals surface area (Å²) in [6.45, 7) is 2.12. The van der Waals surface area contributed by atoms with Crippen LogP contribution in [0.4, 0.5) is 11.5 Å². The Hall–Kier alpha value is -2.95. The van der Waals surface area contributed by atoms with Gasteiger partial charge >= 0.3 is 0 Å². The molecule has 0 aliphatic heterocycles. The summed E-state index contributed by atoms with van der Waals surface area (Å²) >= 11 is 0. The molecule has 25 heavy (non-hydrogen) atoms. The molecule has 5 rings (SSSR count). The van der Waals surface area contributed by atoms with E-state index in [0.717, 1.165) is 40.9 Å². The second-order valence-corrected chi connectivity index (χ2v) is 6.74. The number of benzene rings is 1. The van der Waals surface area contributed by atoms with Gasteiger partial charge in [0, 0.05) is 17.3 Å². The van der Waals surface area contributed by atoms with Crippen molar-refractivity contribution in [3.05, 3.63) is 53.3 Å². The van der Waals surface area contributed by atoms with Crippen molar-refractivity contribution in [1.82, 2.24) is 20.2 Å². The van der Waals surface area contributed by atoms with Crippen LogP contribution >= 0.6 is 0 Å². The van der Waals surface area contributed by atoms with Gasteiger partial charge in [-0.1, -0.05) is 11.6 Å².